The molecule has 1 aliphatic rings. The first-order chi connectivity index (χ1) is 8.83. The van der Waals surface area contributed by atoms with E-state index in [2.05, 4.69) is 55.9 Å². The number of morpholine rings is 1. The Morgan fingerprint density at radius 1 is 1.11 bits per heavy atom. The monoisotopic (exact) mass is 308 g/mol. The van der Waals surface area contributed by atoms with Gasteiger partial charge in [0.25, 0.3) is 0 Å². The van der Waals surface area contributed by atoms with Gasteiger partial charge in [0.1, 0.15) is 0 Å². The van der Waals surface area contributed by atoms with Crippen LogP contribution in [0.25, 0.3) is 10.9 Å². The molecule has 0 saturated carbocycles. The summed E-state index contributed by atoms with van der Waals surface area (Å²) in [5, 5.41) is 1.31. The zero-order chi connectivity index (χ0) is 12.4. The van der Waals surface area contributed by atoms with Crippen LogP contribution in [0.15, 0.2) is 34.9 Å². The van der Waals surface area contributed by atoms with E-state index in [9.17, 15) is 0 Å². The Labute approximate surface area is 115 Å². The quantitative estimate of drug-likeness (QED) is 0.867. The van der Waals surface area contributed by atoms with Crippen LogP contribution in [0.5, 0.6) is 0 Å². The minimum absolute atomic E-state index is 0.873. The van der Waals surface area contributed by atoms with E-state index in [4.69, 9.17) is 4.74 Å². The summed E-state index contributed by atoms with van der Waals surface area (Å²) in [6, 6.07) is 8.62. The minimum Gasteiger partial charge on any atom is -0.379 e. The van der Waals surface area contributed by atoms with Gasteiger partial charge in [-0.25, -0.2) is 0 Å². The van der Waals surface area contributed by atoms with Gasteiger partial charge in [0, 0.05) is 42.4 Å². The van der Waals surface area contributed by atoms with Gasteiger partial charge in [-0.2, -0.15) is 0 Å². The van der Waals surface area contributed by atoms with Gasteiger partial charge >= 0.3 is 0 Å². The number of aromatic nitrogens is 1. The van der Waals surface area contributed by atoms with E-state index in [1.807, 2.05) is 0 Å². The molecular formula is C14H17BrN2O. The molecule has 3 rings (SSSR count). The standard InChI is InChI=1S/C14H17BrN2O/c15-13-2-1-12-3-4-17(14(12)11-13)6-5-16-7-9-18-10-8-16/h1-4,11H,5-10H2. The molecule has 1 aromatic heterocycles. The number of nitrogens with zero attached hydrogens (tertiary/aromatic N) is 2. The van der Waals surface area contributed by atoms with Gasteiger partial charge in [-0.1, -0.05) is 22.0 Å². The van der Waals surface area contributed by atoms with Crippen molar-refractivity contribution in [2.24, 2.45) is 0 Å². The van der Waals surface area contributed by atoms with Crippen LogP contribution in [0.1, 0.15) is 0 Å². The molecule has 1 aromatic carbocycles. The normalized spacial score (nSPS) is 17.4. The lowest BCUT2D eigenvalue weighted by Crippen LogP contribution is -2.38. The second-order valence-corrected chi connectivity index (χ2v) is 5.58. The summed E-state index contributed by atoms with van der Waals surface area (Å²) in [7, 11) is 0. The first-order valence-electron chi connectivity index (χ1n) is 6.37. The molecule has 1 saturated heterocycles. The summed E-state index contributed by atoms with van der Waals surface area (Å²) in [6.07, 6.45) is 2.18. The van der Waals surface area contributed by atoms with E-state index >= 15 is 0 Å². The lowest BCUT2D eigenvalue weighted by molar-refractivity contribution is 0.0365. The number of ether oxygens (including phenoxy) is 1. The van der Waals surface area contributed by atoms with Crippen LogP contribution in [0, 0.1) is 0 Å². The summed E-state index contributed by atoms with van der Waals surface area (Å²) in [4.78, 5) is 2.47. The molecular weight excluding hydrogens is 292 g/mol. The van der Waals surface area contributed by atoms with Crippen molar-refractivity contribution >= 4 is 26.8 Å². The average Bonchev–Trinajstić information content (AvgIpc) is 2.80. The smallest absolute Gasteiger partial charge is 0.0594 e. The van der Waals surface area contributed by atoms with Gasteiger partial charge in [0.15, 0.2) is 0 Å². The zero-order valence-corrected chi connectivity index (χ0v) is 11.9. The van der Waals surface area contributed by atoms with Crippen molar-refractivity contribution in [1.82, 2.24) is 9.47 Å². The first-order valence-corrected chi connectivity index (χ1v) is 7.17. The molecule has 18 heavy (non-hydrogen) atoms. The molecule has 0 radical (unpaired) electrons. The van der Waals surface area contributed by atoms with Gasteiger partial charge in [0.05, 0.1) is 13.2 Å². The van der Waals surface area contributed by atoms with Crippen LogP contribution in [0.2, 0.25) is 0 Å². The zero-order valence-electron chi connectivity index (χ0n) is 10.3. The topological polar surface area (TPSA) is 17.4 Å². The molecule has 0 aliphatic carbocycles. The summed E-state index contributed by atoms with van der Waals surface area (Å²) < 4.78 is 8.84. The van der Waals surface area contributed by atoms with Crippen molar-refractivity contribution in [1.29, 1.82) is 0 Å². The summed E-state index contributed by atoms with van der Waals surface area (Å²) >= 11 is 3.54. The Bertz CT molecular complexity index is 532. The van der Waals surface area contributed by atoms with Crippen LogP contribution in [-0.2, 0) is 11.3 Å². The SMILES string of the molecule is Brc1ccc2ccn(CCN3CCOCC3)c2c1. The number of rotatable bonds is 3. The Morgan fingerprint density at radius 3 is 2.78 bits per heavy atom. The Hall–Kier alpha value is -0.840. The van der Waals surface area contributed by atoms with Crippen molar-refractivity contribution in [3.63, 3.8) is 0 Å². The lowest BCUT2D eigenvalue weighted by atomic mass is 10.2. The molecule has 2 heterocycles. The van der Waals surface area contributed by atoms with Crippen molar-refractivity contribution in [3.8, 4) is 0 Å². The van der Waals surface area contributed by atoms with Crippen LogP contribution >= 0.6 is 15.9 Å². The Morgan fingerprint density at radius 2 is 1.94 bits per heavy atom. The third-order valence-electron chi connectivity index (χ3n) is 3.50. The predicted octanol–water partition coefficient (Wildman–Crippen LogP) is 2.74. The maximum atomic E-state index is 5.37. The van der Waals surface area contributed by atoms with E-state index in [0.717, 1.165) is 43.9 Å². The molecule has 1 aliphatic heterocycles. The van der Waals surface area contributed by atoms with Crippen molar-refractivity contribution in [2.45, 2.75) is 6.54 Å². The molecule has 4 heteroatoms. The highest BCUT2D eigenvalue weighted by atomic mass is 79.9. The highest BCUT2D eigenvalue weighted by Gasteiger charge is 2.10. The van der Waals surface area contributed by atoms with Gasteiger partial charge in [-0.3, -0.25) is 4.90 Å². The maximum absolute atomic E-state index is 5.37. The highest BCUT2D eigenvalue weighted by molar-refractivity contribution is 9.10. The van der Waals surface area contributed by atoms with Gasteiger partial charge < -0.3 is 9.30 Å². The van der Waals surface area contributed by atoms with Crippen LogP contribution in [-0.4, -0.2) is 42.3 Å². The first kappa shape index (κ1) is 12.2. The molecule has 0 amide bonds. The fraction of sp³-hybridized carbons (Fsp3) is 0.429. The summed E-state index contributed by atoms with van der Waals surface area (Å²) in [5.74, 6) is 0. The second kappa shape index (κ2) is 5.43. The lowest BCUT2D eigenvalue weighted by Gasteiger charge is -2.26. The number of halogens is 1. The van der Waals surface area contributed by atoms with E-state index in [0.29, 0.717) is 0 Å². The fourth-order valence-electron chi connectivity index (χ4n) is 2.43. The predicted molar refractivity (Wildman–Crippen MR) is 76.9 cm³/mol. The second-order valence-electron chi connectivity index (χ2n) is 4.67. The largest absolute Gasteiger partial charge is 0.379 e. The average molecular weight is 309 g/mol. The van der Waals surface area contributed by atoms with Gasteiger partial charge in [0.2, 0.25) is 0 Å². The van der Waals surface area contributed by atoms with E-state index in [1.165, 1.54) is 10.9 Å². The van der Waals surface area contributed by atoms with E-state index < -0.39 is 0 Å². The number of hydrogen-bond acceptors (Lipinski definition) is 2. The molecule has 96 valence electrons. The molecule has 0 N–H and O–H groups in total. The fourth-order valence-corrected chi connectivity index (χ4v) is 2.77. The molecule has 2 aromatic rings. The van der Waals surface area contributed by atoms with E-state index in [-0.39, 0.29) is 0 Å². The Kier molecular flexibility index (Phi) is 3.68. The molecule has 1 fully saturated rings. The molecule has 3 nitrogen and oxygen atoms in total. The third-order valence-corrected chi connectivity index (χ3v) is 3.99. The highest BCUT2D eigenvalue weighted by Crippen LogP contribution is 2.20. The number of hydrogen-bond donors (Lipinski definition) is 0. The van der Waals surface area contributed by atoms with Crippen molar-refractivity contribution < 1.29 is 4.74 Å². The van der Waals surface area contributed by atoms with E-state index in [1.54, 1.807) is 0 Å². The van der Waals surface area contributed by atoms with Crippen LogP contribution in [0.4, 0.5) is 0 Å². The van der Waals surface area contributed by atoms with Crippen LogP contribution in [0.3, 0.4) is 0 Å². The number of fused-ring (bicyclic) bond motifs is 1. The molecule has 0 unspecified atom stereocenters. The molecule has 0 spiro atoms. The van der Waals surface area contributed by atoms with Crippen molar-refractivity contribution in [3.05, 3.63) is 34.9 Å². The van der Waals surface area contributed by atoms with Gasteiger partial charge in [-0.05, 0) is 23.6 Å². The van der Waals surface area contributed by atoms with Gasteiger partial charge in [-0.15, -0.1) is 0 Å². The summed E-state index contributed by atoms with van der Waals surface area (Å²) in [6.45, 7) is 6.00. The Balaban J connectivity index is 1.72. The van der Waals surface area contributed by atoms with Crippen LogP contribution < -0.4 is 0 Å². The number of benzene rings is 1. The third kappa shape index (κ3) is 2.60. The maximum Gasteiger partial charge on any atom is 0.0594 e. The molecule has 0 bridgehead atoms. The molecule has 0 atom stereocenters. The van der Waals surface area contributed by atoms with Crippen molar-refractivity contribution in [2.75, 3.05) is 32.8 Å². The minimum atomic E-state index is 0.873. The summed E-state index contributed by atoms with van der Waals surface area (Å²) in [5.41, 5.74) is 1.30.